The van der Waals surface area contributed by atoms with Gasteiger partial charge in [0.25, 0.3) is 5.91 Å². The van der Waals surface area contributed by atoms with Gasteiger partial charge in [0.05, 0.1) is 10.7 Å². The second-order valence-electron chi connectivity index (χ2n) is 3.14. The van der Waals surface area contributed by atoms with Crippen LogP contribution >= 0.6 is 11.3 Å². The summed E-state index contributed by atoms with van der Waals surface area (Å²) in [6, 6.07) is -0.990. The zero-order valence-electron chi connectivity index (χ0n) is 9.27. The number of thiazole rings is 1. The molecule has 0 radical (unpaired) electrons. The smallest absolute Gasteiger partial charge is 0.350 e. The monoisotopic (exact) mass is 257 g/mol. The van der Waals surface area contributed by atoms with Crippen LogP contribution in [0.1, 0.15) is 20.4 Å². The molecule has 0 saturated heterocycles. The number of rotatable bonds is 3. The number of nitrogens with one attached hydrogen (secondary N) is 1. The Hall–Kier alpha value is -1.96. The second kappa shape index (κ2) is 5.39. The molecule has 7 nitrogen and oxygen atoms in total. The largest absolute Gasteiger partial charge is 0.451 e. The Kier molecular flexibility index (Phi) is 4.16. The lowest BCUT2D eigenvalue weighted by Crippen LogP contribution is -2.37. The Morgan fingerprint density at radius 2 is 2.06 bits per heavy atom. The van der Waals surface area contributed by atoms with Gasteiger partial charge >= 0.3 is 12.0 Å². The molecule has 0 aliphatic rings. The molecule has 0 spiro atoms. The number of aromatic nitrogens is 1. The Balaban J connectivity index is 2.53. The fraction of sp³-hybridized carbons (Fsp3) is 0.333. The number of amides is 3. The van der Waals surface area contributed by atoms with Crippen LogP contribution in [-0.4, -0.2) is 29.5 Å². The number of esters is 1. The molecule has 1 aromatic rings. The van der Waals surface area contributed by atoms with E-state index in [2.05, 4.69) is 4.98 Å². The SMILES string of the molecule is Cc1nc(C)c(C(=O)OCC(=O)NC(N)=O)s1. The van der Waals surface area contributed by atoms with Gasteiger partial charge < -0.3 is 10.5 Å². The van der Waals surface area contributed by atoms with Crippen molar-refractivity contribution < 1.29 is 19.1 Å². The van der Waals surface area contributed by atoms with Gasteiger partial charge in [0.15, 0.2) is 6.61 Å². The van der Waals surface area contributed by atoms with E-state index in [1.54, 1.807) is 19.2 Å². The van der Waals surface area contributed by atoms with Crippen molar-refractivity contribution in [3.8, 4) is 0 Å². The highest BCUT2D eigenvalue weighted by Crippen LogP contribution is 2.17. The third-order valence-electron chi connectivity index (χ3n) is 1.69. The topological polar surface area (TPSA) is 111 Å². The molecule has 0 fully saturated rings. The van der Waals surface area contributed by atoms with Crippen molar-refractivity contribution in [2.45, 2.75) is 13.8 Å². The molecule has 1 rings (SSSR count). The lowest BCUT2D eigenvalue weighted by atomic mass is 10.4. The Bertz CT molecular complexity index is 469. The van der Waals surface area contributed by atoms with E-state index < -0.39 is 24.5 Å². The number of urea groups is 1. The molecule has 0 saturated carbocycles. The first kappa shape index (κ1) is 13.1. The number of aryl methyl sites for hydroxylation is 2. The Morgan fingerprint density at radius 3 is 2.53 bits per heavy atom. The molecule has 1 heterocycles. The van der Waals surface area contributed by atoms with Crippen molar-refractivity contribution in [3.05, 3.63) is 15.6 Å². The minimum absolute atomic E-state index is 0.342. The average Bonchev–Trinajstić information content (AvgIpc) is 2.53. The second-order valence-corrected chi connectivity index (χ2v) is 4.34. The number of carbonyl (C=O) groups excluding carboxylic acids is 3. The summed E-state index contributed by atoms with van der Waals surface area (Å²) in [5.74, 6) is -1.42. The summed E-state index contributed by atoms with van der Waals surface area (Å²) < 4.78 is 4.70. The third-order valence-corrected chi connectivity index (χ3v) is 2.74. The molecule has 0 aromatic carbocycles. The summed E-state index contributed by atoms with van der Waals surface area (Å²) in [6.07, 6.45) is 0. The highest BCUT2D eigenvalue weighted by atomic mass is 32.1. The molecular formula is C9H11N3O4S. The number of carbonyl (C=O) groups is 3. The van der Waals surface area contributed by atoms with E-state index in [4.69, 9.17) is 10.5 Å². The summed E-state index contributed by atoms with van der Waals surface area (Å²) in [7, 11) is 0. The van der Waals surface area contributed by atoms with Crippen LogP contribution in [0, 0.1) is 13.8 Å². The molecule has 1 aromatic heterocycles. The van der Waals surface area contributed by atoms with Crippen molar-refractivity contribution in [1.29, 1.82) is 0 Å². The van der Waals surface area contributed by atoms with E-state index in [1.165, 1.54) is 11.3 Å². The predicted molar refractivity (Wildman–Crippen MR) is 59.6 cm³/mol. The summed E-state index contributed by atoms with van der Waals surface area (Å²) in [6.45, 7) is 2.87. The van der Waals surface area contributed by atoms with Gasteiger partial charge in [-0.15, -0.1) is 11.3 Å². The molecule has 8 heteroatoms. The van der Waals surface area contributed by atoms with Gasteiger partial charge in [-0.1, -0.05) is 0 Å². The molecule has 3 N–H and O–H groups in total. The van der Waals surface area contributed by atoms with Crippen molar-refractivity contribution in [2.24, 2.45) is 5.73 Å². The van der Waals surface area contributed by atoms with Gasteiger partial charge in [0, 0.05) is 0 Å². The lowest BCUT2D eigenvalue weighted by molar-refractivity contribution is -0.123. The van der Waals surface area contributed by atoms with Crippen LogP contribution in [-0.2, 0) is 9.53 Å². The Morgan fingerprint density at radius 1 is 1.41 bits per heavy atom. The third kappa shape index (κ3) is 3.83. The van der Waals surface area contributed by atoms with Crippen LogP contribution in [0.25, 0.3) is 0 Å². The number of hydrogen-bond donors (Lipinski definition) is 2. The molecule has 0 bridgehead atoms. The van der Waals surface area contributed by atoms with E-state index in [0.29, 0.717) is 10.6 Å². The van der Waals surface area contributed by atoms with Gasteiger partial charge in [-0.25, -0.2) is 14.6 Å². The molecule has 0 aliphatic heterocycles. The Labute approximate surface area is 101 Å². The van der Waals surface area contributed by atoms with Crippen molar-refractivity contribution in [2.75, 3.05) is 6.61 Å². The molecule has 3 amide bonds. The fourth-order valence-corrected chi connectivity index (χ4v) is 1.90. The maximum atomic E-state index is 11.5. The normalized spacial score (nSPS) is 9.76. The van der Waals surface area contributed by atoms with Crippen molar-refractivity contribution >= 4 is 29.2 Å². The van der Waals surface area contributed by atoms with E-state index in [0.717, 1.165) is 5.01 Å². The fourth-order valence-electron chi connectivity index (χ4n) is 1.09. The van der Waals surface area contributed by atoms with E-state index >= 15 is 0 Å². The first-order valence-electron chi connectivity index (χ1n) is 4.60. The predicted octanol–water partition coefficient (Wildman–Crippen LogP) is 0.112. The zero-order chi connectivity index (χ0) is 13.0. The zero-order valence-corrected chi connectivity index (χ0v) is 10.1. The highest BCUT2D eigenvalue weighted by molar-refractivity contribution is 7.13. The molecular weight excluding hydrogens is 246 g/mol. The minimum atomic E-state index is -0.990. The van der Waals surface area contributed by atoms with E-state index in [-0.39, 0.29) is 0 Å². The number of ether oxygens (including phenoxy) is 1. The van der Waals surface area contributed by atoms with Crippen LogP contribution in [0.4, 0.5) is 4.79 Å². The summed E-state index contributed by atoms with van der Waals surface area (Å²) in [5, 5.41) is 2.51. The quantitative estimate of drug-likeness (QED) is 0.746. The summed E-state index contributed by atoms with van der Waals surface area (Å²) >= 11 is 1.18. The minimum Gasteiger partial charge on any atom is -0.451 e. The van der Waals surface area contributed by atoms with Crippen LogP contribution in [0.5, 0.6) is 0 Å². The van der Waals surface area contributed by atoms with Crippen LogP contribution in [0.15, 0.2) is 0 Å². The number of primary amides is 1. The standard InChI is InChI=1S/C9H11N3O4S/c1-4-7(17-5(2)11-4)8(14)16-3-6(13)12-9(10)15/h3H2,1-2H3,(H3,10,12,13,15). The number of hydrogen-bond acceptors (Lipinski definition) is 6. The van der Waals surface area contributed by atoms with Crippen LogP contribution in [0.2, 0.25) is 0 Å². The van der Waals surface area contributed by atoms with Gasteiger partial charge in [-0.2, -0.15) is 0 Å². The number of nitrogens with two attached hydrogens (primary N) is 1. The molecule has 0 aliphatic carbocycles. The number of imide groups is 1. The number of nitrogens with zero attached hydrogens (tertiary/aromatic N) is 1. The van der Waals surface area contributed by atoms with Crippen LogP contribution < -0.4 is 11.1 Å². The van der Waals surface area contributed by atoms with Crippen molar-refractivity contribution in [1.82, 2.24) is 10.3 Å². The van der Waals surface area contributed by atoms with Gasteiger partial charge in [-0.05, 0) is 13.8 Å². The maximum Gasteiger partial charge on any atom is 0.350 e. The van der Waals surface area contributed by atoms with Crippen LogP contribution in [0.3, 0.4) is 0 Å². The van der Waals surface area contributed by atoms with E-state index in [1.807, 2.05) is 0 Å². The van der Waals surface area contributed by atoms with E-state index in [9.17, 15) is 14.4 Å². The summed E-state index contributed by atoms with van der Waals surface area (Å²) in [4.78, 5) is 37.2. The van der Waals surface area contributed by atoms with Crippen molar-refractivity contribution in [3.63, 3.8) is 0 Å². The molecule has 17 heavy (non-hydrogen) atoms. The van der Waals surface area contributed by atoms with Gasteiger partial charge in [0.1, 0.15) is 4.88 Å². The molecule has 0 unspecified atom stereocenters. The lowest BCUT2D eigenvalue weighted by Gasteiger charge is -2.02. The maximum absolute atomic E-state index is 11.5. The first-order chi connectivity index (χ1) is 7.90. The van der Waals surface area contributed by atoms with Gasteiger partial charge in [-0.3, -0.25) is 10.1 Å². The summed E-state index contributed by atoms with van der Waals surface area (Å²) in [5.41, 5.74) is 5.27. The van der Waals surface area contributed by atoms with Gasteiger partial charge in [0.2, 0.25) is 0 Å². The highest BCUT2D eigenvalue weighted by Gasteiger charge is 2.16. The molecule has 92 valence electrons. The average molecular weight is 257 g/mol. The first-order valence-corrected chi connectivity index (χ1v) is 5.42. The molecule has 0 atom stereocenters.